The number of pyridine rings is 1. The molecule has 0 aliphatic carbocycles. The lowest BCUT2D eigenvalue weighted by atomic mass is 10.00. The Balaban J connectivity index is 1.65. The topological polar surface area (TPSA) is 80.3 Å². The molecule has 0 radical (unpaired) electrons. The number of carbonyl (C=O) groups excluding carboxylic acids is 2. The third-order valence-electron chi connectivity index (χ3n) is 4.11. The van der Waals surface area contributed by atoms with Crippen LogP contribution < -0.4 is 15.4 Å². The molecule has 2 aromatic carbocycles. The van der Waals surface area contributed by atoms with Crippen molar-refractivity contribution in [3.63, 3.8) is 0 Å². The molecule has 0 bridgehead atoms. The molecular weight excluding hydrogens is 318 g/mol. The van der Waals surface area contributed by atoms with Gasteiger partial charge in [-0.2, -0.15) is 0 Å². The first-order valence-corrected chi connectivity index (χ1v) is 7.84. The Kier molecular flexibility index (Phi) is 3.57. The highest BCUT2D eigenvalue weighted by Crippen LogP contribution is 2.29. The molecule has 3 aromatic rings. The maximum absolute atomic E-state index is 12.7. The number of fused-ring (bicyclic) bond motifs is 2. The fourth-order valence-corrected chi connectivity index (χ4v) is 2.87. The molecule has 2 N–H and O–H groups in total. The van der Waals surface area contributed by atoms with Gasteiger partial charge in [0.05, 0.1) is 11.9 Å². The summed E-state index contributed by atoms with van der Waals surface area (Å²) >= 11 is 0. The summed E-state index contributed by atoms with van der Waals surface area (Å²) in [5, 5.41) is 7.40. The van der Waals surface area contributed by atoms with E-state index in [1.807, 2.05) is 43.3 Å². The normalized spacial score (nSPS) is 12.9. The van der Waals surface area contributed by atoms with Crippen LogP contribution in [0.4, 0.5) is 11.5 Å². The summed E-state index contributed by atoms with van der Waals surface area (Å²) in [6.45, 7) is 1.96. The number of anilines is 2. The highest BCUT2D eigenvalue weighted by molar-refractivity contribution is 6.13. The van der Waals surface area contributed by atoms with Crippen molar-refractivity contribution < 1.29 is 14.3 Å². The maximum Gasteiger partial charge on any atom is 0.263 e. The van der Waals surface area contributed by atoms with Crippen molar-refractivity contribution in [2.75, 3.05) is 17.2 Å². The minimum Gasteiger partial charge on any atom is -0.480 e. The number of carbonyl (C=O) groups is 2. The van der Waals surface area contributed by atoms with Gasteiger partial charge in [-0.25, -0.2) is 4.98 Å². The quantitative estimate of drug-likeness (QED) is 0.755. The average Bonchev–Trinajstić information content (AvgIpc) is 2.62. The molecule has 2 heterocycles. The van der Waals surface area contributed by atoms with Crippen LogP contribution in [0.25, 0.3) is 10.8 Å². The van der Waals surface area contributed by atoms with E-state index in [-0.39, 0.29) is 18.4 Å². The number of aromatic nitrogens is 1. The monoisotopic (exact) mass is 333 g/mol. The Morgan fingerprint density at radius 1 is 1.20 bits per heavy atom. The van der Waals surface area contributed by atoms with Crippen molar-refractivity contribution in [1.82, 2.24) is 4.98 Å². The third kappa shape index (κ3) is 2.78. The number of hydrogen-bond acceptors (Lipinski definition) is 4. The van der Waals surface area contributed by atoms with Crippen LogP contribution in [0.5, 0.6) is 5.75 Å². The molecule has 6 heteroatoms. The summed E-state index contributed by atoms with van der Waals surface area (Å²) < 4.78 is 5.32. The zero-order valence-electron chi connectivity index (χ0n) is 13.5. The first kappa shape index (κ1) is 15.1. The summed E-state index contributed by atoms with van der Waals surface area (Å²) in [6.07, 6.45) is 1.49. The number of ether oxygens (including phenoxy) is 1. The van der Waals surface area contributed by atoms with Crippen LogP contribution in [-0.2, 0) is 4.79 Å². The van der Waals surface area contributed by atoms with Crippen molar-refractivity contribution in [1.29, 1.82) is 0 Å². The zero-order chi connectivity index (χ0) is 17.4. The number of benzene rings is 2. The van der Waals surface area contributed by atoms with Crippen LogP contribution in [0.3, 0.4) is 0 Å². The predicted octanol–water partition coefficient (Wildman–Crippen LogP) is 3.13. The molecule has 1 aliphatic rings. The zero-order valence-corrected chi connectivity index (χ0v) is 13.5. The van der Waals surface area contributed by atoms with E-state index in [1.165, 1.54) is 6.20 Å². The van der Waals surface area contributed by atoms with Crippen LogP contribution in [0.1, 0.15) is 15.9 Å². The fourth-order valence-electron chi connectivity index (χ4n) is 2.87. The van der Waals surface area contributed by atoms with Gasteiger partial charge < -0.3 is 15.4 Å². The van der Waals surface area contributed by atoms with Gasteiger partial charge in [0.1, 0.15) is 0 Å². The molecule has 6 nitrogen and oxygen atoms in total. The Hall–Kier alpha value is -3.41. The SMILES string of the molecule is Cc1ccc(C(=O)Nc2cnc3c(c2)OCC(=O)N3)c2ccccc12. The van der Waals surface area contributed by atoms with E-state index in [1.54, 1.807) is 6.07 Å². The van der Waals surface area contributed by atoms with Crippen LogP contribution in [0, 0.1) is 6.92 Å². The van der Waals surface area contributed by atoms with E-state index in [0.29, 0.717) is 22.8 Å². The fraction of sp³-hybridized carbons (Fsp3) is 0.105. The smallest absolute Gasteiger partial charge is 0.263 e. The summed E-state index contributed by atoms with van der Waals surface area (Å²) in [6, 6.07) is 13.2. The minimum atomic E-state index is -0.247. The van der Waals surface area contributed by atoms with Crippen molar-refractivity contribution in [2.45, 2.75) is 6.92 Å². The molecule has 0 spiro atoms. The second kappa shape index (κ2) is 5.90. The van der Waals surface area contributed by atoms with Gasteiger partial charge in [0.2, 0.25) is 0 Å². The van der Waals surface area contributed by atoms with Crippen molar-refractivity contribution in [3.05, 3.63) is 59.8 Å². The molecule has 124 valence electrons. The van der Waals surface area contributed by atoms with Crippen molar-refractivity contribution in [3.8, 4) is 5.75 Å². The predicted molar refractivity (Wildman–Crippen MR) is 95.0 cm³/mol. The van der Waals surface area contributed by atoms with Crippen LogP contribution >= 0.6 is 0 Å². The molecule has 0 saturated carbocycles. The van der Waals surface area contributed by atoms with Crippen molar-refractivity contribution in [2.24, 2.45) is 0 Å². The molecule has 0 atom stereocenters. The van der Waals surface area contributed by atoms with E-state index in [9.17, 15) is 9.59 Å². The van der Waals surface area contributed by atoms with Gasteiger partial charge in [0, 0.05) is 11.6 Å². The number of nitrogens with zero attached hydrogens (tertiary/aromatic N) is 1. The van der Waals surface area contributed by atoms with Gasteiger partial charge in [-0.3, -0.25) is 9.59 Å². The molecule has 0 fully saturated rings. The molecule has 4 rings (SSSR count). The third-order valence-corrected chi connectivity index (χ3v) is 4.11. The summed E-state index contributed by atoms with van der Waals surface area (Å²) in [7, 11) is 0. The van der Waals surface area contributed by atoms with Gasteiger partial charge in [0.15, 0.2) is 18.2 Å². The van der Waals surface area contributed by atoms with Crippen LogP contribution in [0.15, 0.2) is 48.7 Å². The Labute approximate surface area is 143 Å². The molecule has 0 unspecified atom stereocenters. The standard InChI is InChI=1S/C19H15N3O3/c1-11-6-7-15(14-5-3-2-4-13(11)14)19(24)21-12-8-16-18(20-9-12)22-17(23)10-25-16/h2-9H,10H2,1H3,(H,21,24)(H,20,22,23). The molecular formula is C19H15N3O3. The largest absolute Gasteiger partial charge is 0.480 e. The molecule has 1 aromatic heterocycles. The van der Waals surface area contributed by atoms with Gasteiger partial charge in [-0.1, -0.05) is 30.3 Å². The second-order valence-electron chi connectivity index (χ2n) is 5.84. The Morgan fingerprint density at radius 3 is 2.84 bits per heavy atom. The number of amides is 2. The number of aryl methyl sites for hydroxylation is 1. The Morgan fingerprint density at radius 2 is 2.00 bits per heavy atom. The second-order valence-corrected chi connectivity index (χ2v) is 5.84. The molecule has 2 amide bonds. The van der Waals surface area contributed by atoms with Crippen LogP contribution in [0.2, 0.25) is 0 Å². The maximum atomic E-state index is 12.7. The highest BCUT2D eigenvalue weighted by atomic mass is 16.5. The minimum absolute atomic E-state index is 0.0608. The van der Waals surface area contributed by atoms with Crippen LogP contribution in [-0.4, -0.2) is 23.4 Å². The van der Waals surface area contributed by atoms with Gasteiger partial charge in [-0.05, 0) is 29.3 Å². The van der Waals surface area contributed by atoms with E-state index in [2.05, 4.69) is 15.6 Å². The van der Waals surface area contributed by atoms with E-state index in [0.717, 1.165) is 16.3 Å². The molecule has 25 heavy (non-hydrogen) atoms. The first-order valence-electron chi connectivity index (χ1n) is 7.84. The van der Waals surface area contributed by atoms with Gasteiger partial charge in [0.25, 0.3) is 11.8 Å². The molecule has 1 aliphatic heterocycles. The van der Waals surface area contributed by atoms with Gasteiger partial charge >= 0.3 is 0 Å². The lowest BCUT2D eigenvalue weighted by Gasteiger charge is -2.17. The highest BCUT2D eigenvalue weighted by Gasteiger charge is 2.18. The molecule has 0 saturated heterocycles. The van der Waals surface area contributed by atoms with E-state index < -0.39 is 0 Å². The summed E-state index contributed by atoms with van der Waals surface area (Å²) in [5.41, 5.74) is 2.21. The number of rotatable bonds is 2. The lowest BCUT2D eigenvalue weighted by Crippen LogP contribution is -2.26. The van der Waals surface area contributed by atoms with E-state index in [4.69, 9.17) is 4.74 Å². The van der Waals surface area contributed by atoms with Gasteiger partial charge in [-0.15, -0.1) is 0 Å². The Bertz CT molecular complexity index is 1010. The van der Waals surface area contributed by atoms with Crippen molar-refractivity contribution >= 4 is 34.1 Å². The average molecular weight is 333 g/mol. The number of hydrogen-bond donors (Lipinski definition) is 2. The number of nitrogens with one attached hydrogen (secondary N) is 2. The first-order chi connectivity index (χ1) is 12.1. The summed E-state index contributed by atoms with van der Waals surface area (Å²) in [4.78, 5) is 28.1. The van der Waals surface area contributed by atoms with E-state index >= 15 is 0 Å². The lowest BCUT2D eigenvalue weighted by molar-refractivity contribution is -0.118. The summed E-state index contributed by atoms with van der Waals surface area (Å²) in [5.74, 6) is 0.321.